The second-order valence-corrected chi connectivity index (χ2v) is 4.29. The summed E-state index contributed by atoms with van der Waals surface area (Å²) in [5, 5.41) is 11.9. The fourth-order valence-electron chi connectivity index (χ4n) is 1.76. The largest absolute Gasteiger partial charge is 0.478 e. The van der Waals surface area contributed by atoms with Crippen LogP contribution in [0, 0.1) is 19.7 Å². The predicted molar refractivity (Wildman–Crippen MR) is 71.1 cm³/mol. The molecule has 1 aromatic carbocycles. The number of anilines is 2. The first-order valence-electron chi connectivity index (χ1n) is 5.88. The Kier molecular flexibility index (Phi) is 3.60. The number of nitrogens with zero attached hydrogens (tertiary/aromatic N) is 1. The molecule has 0 saturated heterocycles. The first kappa shape index (κ1) is 13.9. The fraction of sp³-hybridized carbons (Fsp3) is 0.231. The number of nitrogens with two attached hydrogens (primary N) is 1. The second kappa shape index (κ2) is 5.20. The molecule has 0 aliphatic heterocycles. The number of halogens is 1. The first-order valence-corrected chi connectivity index (χ1v) is 5.88. The number of benzene rings is 1. The molecule has 0 saturated carbocycles. The molecule has 0 atom stereocenters. The number of carboxylic acids is 1. The van der Waals surface area contributed by atoms with Crippen LogP contribution in [0.25, 0.3) is 0 Å². The number of hydrogen-bond donors (Lipinski definition) is 3. The summed E-state index contributed by atoms with van der Waals surface area (Å²) in [6.45, 7) is 3.77. The van der Waals surface area contributed by atoms with Crippen molar-refractivity contribution in [2.24, 2.45) is 0 Å². The van der Waals surface area contributed by atoms with Gasteiger partial charge in [0.1, 0.15) is 17.1 Å². The van der Waals surface area contributed by atoms with Gasteiger partial charge in [-0.15, -0.1) is 0 Å². The van der Waals surface area contributed by atoms with E-state index < -0.39 is 17.5 Å². The third-order valence-corrected chi connectivity index (χ3v) is 2.91. The lowest BCUT2D eigenvalue weighted by molar-refractivity contribution is 0.0698. The van der Waals surface area contributed by atoms with Crippen LogP contribution in [0.2, 0.25) is 0 Å². The van der Waals surface area contributed by atoms with Gasteiger partial charge in [0.2, 0.25) is 5.89 Å². The van der Waals surface area contributed by atoms with E-state index in [1.54, 1.807) is 13.8 Å². The summed E-state index contributed by atoms with van der Waals surface area (Å²) < 4.78 is 18.7. The Balaban J connectivity index is 2.25. The summed E-state index contributed by atoms with van der Waals surface area (Å²) in [7, 11) is 0. The monoisotopic (exact) mass is 279 g/mol. The number of nitrogen functional groups attached to an aromatic ring is 1. The molecule has 7 heteroatoms. The smallest absolute Gasteiger partial charge is 0.340 e. The van der Waals surface area contributed by atoms with Crippen LogP contribution in [0.1, 0.15) is 27.7 Å². The Morgan fingerprint density at radius 3 is 2.75 bits per heavy atom. The number of carboxylic acid groups (broad SMARTS) is 1. The van der Waals surface area contributed by atoms with E-state index in [0.29, 0.717) is 11.7 Å². The Labute approximate surface area is 114 Å². The number of hydrogen-bond acceptors (Lipinski definition) is 5. The molecule has 0 amide bonds. The molecule has 2 aromatic rings. The maximum atomic E-state index is 13.3. The molecule has 0 spiro atoms. The molecule has 0 bridgehead atoms. The summed E-state index contributed by atoms with van der Waals surface area (Å²) in [4.78, 5) is 15.3. The van der Waals surface area contributed by atoms with Crippen molar-refractivity contribution in [2.75, 3.05) is 11.1 Å². The SMILES string of the molecule is Cc1nc(CNc2ccc(F)c(N)c2C(=O)O)oc1C. The highest BCUT2D eigenvalue weighted by atomic mass is 19.1. The van der Waals surface area contributed by atoms with Gasteiger partial charge in [-0.2, -0.15) is 0 Å². The average Bonchev–Trinajstić information content (AvgIpc) is 2.69. The van der Waals surface area contributed by atoms with E-state index >= 15 is 0 Å². The zero-order valence-corrected chi connectivity index (χ0v) is 11.0. The molecule has 0 fully saturated rings. The van der Waals surface area contributed by atoms with E-state index in [9.17, 15) is 9.18 Å². The van der Waals surface area contributed by atoms with Gasteiger partial charge in [0.05, 0.1) is 23.6 Å². The zero-order valence-electron chi connectivity index (χ0n) is 11.0. The lowest BCUT2D eigenvalue weighted by Crippen LogP contribution is -2.11. The minimum atomic E-state index is -1.30. The van der Waals surface area contributed by atoms with Crippen molar-refractivity contribution in [3.63, 3.8) is 0 Å². The minimum absolute atomic E-state index is 0.181. The van der Waals surface area contributed by atoms with Gasteiger partial charge in [0.15, 0.2) is 0 Å². The third kappa shape index (κ3) is 2.56. The Bertz CT molecular complexity index is 648. The number of rotatable bonds is 4. The van der Waals surface area contributed by atoms with Crippen LogP contribution in [0.3, 0.4) is 0 Å². The zero-order chi connectivity index (χ0) is 14.9. The van der Waals surface area contributed by atoms with Gasteiger partial charge in [-0.25, -0.2) is 14.2 Å². The molecule has 2 rings (SSSR count). The fourth-order valence-corrected chi connectivity index (χ4v) is 1.76. The summed E-state index contributed by atoms with van der Waals surface area (Å²) in [6.07, 6.45) is 0. The molecule has 1 aromatic heterocycles. The minimum Gasteiger partial charge on any atom is -0.478 e. The molecular formula is C13H14FN3O3. The van der Waals surface area contributed by atoms with Crippen molar-refractivity contribution < 1.29 is 18.7 Å². The van der Waals surface area contributed by atoms with E-state index in [2.05, 4.69) is 10.3 Å². The number of oxazole rings is 1. The first-order chi connectivity index (χ1) is 9.40. The molecule has 20 heavy (non-hydrogen) atoms. The molecule has 0 aliphatic carbocycles. The number of carbonyl (C=O) groups is 1. The average molecular weight is 279 g/mol. The summed E-state index contributed by atoms with van der Waals surface area (Å²) in [5.74, 6) is -0.960. The van der Waals surface area contributed by atoms with Crippen molar-refractivity contribution in [3.05, 3.63) is 40.9 Å². The van der Waals surface area contributed by atoms with Crippen LogP contribution in [0.15, 0.2) is 16.5 Å². The summed E-state index contributed by atoms with van der Waals surface area (Å²) in [6, 6.07) is 2.42. The molecule has 1 heterocycles. The Morgan fingerprint density at radius 2 is 2.20 bits per heavy atom. The molecule has 6 nitrogen and oxygen atoms in total. The number of aromatic nitrogens is 1. The van der Waals surface area contributed by atoms with Crippen LogP contribution in [0.4, 0.5) is 15.8 Å². The van der Waals surface area contributed by atoms with E-state index in [1.165, 1.54) is 6.07 Å². The lowest BCUT2D eigenvalue weighted by Gasteiger charge is -2.10. The van der Waals surface area contributed by atoms with Gasteiger partial charge < -0.3 is 20.6 Å². The van der Waals surface area contributed by atoms with Gasteiger partial charge in [0.25, 0.3) is 0 Å². The lowest BCUT2D eigenvalue weighted by atomic mass is 10.1. The van der Waals surface area contributed by atoms with Crippen LogP contribution in [0.5, 0.6) is 0 Å². The van der Waals surface area contributed by atoms with Crippen LogP contribution in [-0.2, 0) is 6.54 Å². The standard InChI is InChI=1S/C13H14FN3O3/c1-6-7(2)20-10(17-6)5-16-9-4-3-8(14)12(15)11(9)13(18)19/h3-4,16H,5,15H2,1-2H3,(H,18,19). The summed E-state index contributed by atoms with van der Waals surface area (Å²) in [5.41, 5.74) is 5.72. The van der Waals surface area contributed by atoms with E-state index in [4.69, 9.17) is 15.3 Å². The molecule has 106 valence electrons. The highest BCUT2D eigenvalue weighted by molar-refractivity contribution is 6.00. The van der Waals surface area contributed by atoms with Gasteiger partial charge in [-0.3, -0.25) is 0 Å². The molecule has 0 radical (unpaired) electrons. The number of aryl methyl sites for hydroxylation is 2. The summed E-state index contributed by atoms with van der Waals surface area (Å²) >= 11 is 0. The molecule has 4 N–H and O–H groups in total. The van der Waals surface area contributed by atoms with Crippen molar-refractivity contribution in [1.29, 1.82) is 0 Å². The quantitative estimate of drug-likeness (QED) is 0.742. The number of aromatic carboxylic acids is 1. The Hall–Kier alpha value is -2.57. The van der Waals surface area contributed by atoms with Crippen LogP contribution in [-0.4, -0.2) is 16.1 Å². The topological polar surface area (TPSA) is 101 Å². The predicted octanol–water partition coefficient (Wildman–Crippen LogP) is 2.32. The van der Waals surface area contributed by atoms with Crippen molar-refractivity contribution in [1.82, 2.24) is 4.98 Å². The highest BCUT2D eigenvalue weighted by Gasteiger charge is 2.17. The van der Waals surface area contributed by atoms with E-state index in [-0.39, 0.29) is 17.8 Å². The van der Waals surface area contributed by atoms with Gasteiger partial charge in [-0.05, 0) is 26.0 Å². The maximum absolute atomic E-state index is 13.3. The molecular weight excluding hydrogens is 265 g/mol. The van der Waals surface area contributed by atoms with Gasteiger partial charge in [0, 0.05) is 0 Å². The van der Waals surface area contributed by atoms with E-state index in [1.807, 2.05) is 0 Å². The van der Waals surface area contributed by atoms with Crippen LogP contribution < -0.4 is 11.1 Å². The number of nitrogens with one attached hydrogen (secondary N) is 1. The van der Waals surface area contributed by atoms with Gasteiger partial charge >= 0.3 is 5.97 Å². The molecule has 0 aliphatic rings. The highest BCUT2D eigenvalue weighted by Crippen LogP contribution is 2.25. The van der Waals surface area contributed by atoms with Crippen molar-refractivity contribution in [3.8, 4) is 0 Å². The van der Waals surface area contributed by atoms with Crippen LogP contribution >= 0.6 is 0 Å². The van der Waals surface area contributed by atoms with Gasteiger partial charge in [-0.1, -0.05) is 0 Å². The second-order valence-electron chi connectivity index (χ2n) is 4.29. The van der Waals surface area contributed by atoms with Crippen molar-refractivity contribution >= 4 is 17.3 Å². The molecule has 0 unspecified atom stereocenters. The van der Waals surface area contributed by atoms with Crippen molar-refractivity contribution in [2.45, 2.75) is 20.4 Å². The third-order valence-electron chi connectivity index (χ3n) is 2.91. The van der Waals surface area contributed by atoms with E-state index in [0.717, 1.165) is 11.8 Å². The normalized spacial score (nSPS) is 10.6. The maximum Gasteiger partial charge on any atom is 0.340 e. The Morgan fingerprint density at radius 1 is 1.50 bits per heavy atom.